The molecule has 4 N–H and O–H groups in total. The van der Waals surface area contributed by atoms with Crippen molar-refractivity contribution in [2.24, 2.45) is 5.84 Å². The molecular weight excluding hydrogens is 218 g/mol. The Kier molecular flexibility index (Phi) is 3.44. The van der Waals surface area contributed by atoms with E-state index in [1.165, 1.54) is 0 Å². The van der Waals surface area contributed by atoms with Crippen molar-refractivity contribution in [3.8, 4) is 0 Å². The lowest BCUT2D eigenvalue weighted by Crippen LogP contribution is -2.25. The van der Waals surface area contributed by atoms with E-state index in [0.717, 1.165) is 30.0 Å². The van der Waals surface area contributed by atoms with Gasteiger partial charge in [-0.15, -0.1) is 0 Å². The van der Waals surface area contributed by atoms with Gasteiger partial charge in [0.25, 0.3) is 0 Å². The van der Waals surface area contributed by atoms with Gasteiger partial charge in [0.2, 0.25) is 0 Å². The van der Waals surface area contributed by atoms with Crippen molar-refractivity contribution < 1.29 is 5.11 Å². The normalized spacial score (nSPS) is 14.8. The van der Waals surface area contributed by atoms with Gasteiger partial charge in [0, 0.05) is 25.1 Å². The molecule has 1 fully saturated rings. The molecule has 1 saturated carbocycles. The van der Waals surface area contributed by atoms with Crippen LogP contribution in [-0.4, -0.2) is 35.3 Å². The van der Waals surface area contributed by atoms with Crippen LogP contribution in [0.3, 0.4) is 0 Å². The zero-order valence-electron chi connectivity index (χ0n) is 10.3. The van der Waals surface area contributed by atoms with Crippen molar-refractivity contribution in [2.75, 3.05) is 30.5 Å². The number of nitrogen functional groups attached to an aromatic ring is 1. The molecule has 1 aliphatic rings. The van der Waals surface area contributed by atoms with Gasteiger partial charge in [-0.05, 0) is 19.8 Å². The molecule has 0 spiro atoms. The summed E-state index contributed by atoms with van der Waals surface area (Å²) < 4.78 is 0. The molecule has 1 aromatic rings. The van der Waals surface area contributed by atoms with E-state index in [1.54, 1.807) is 0 Å². The van der Waals surface area contributed by atoms with Crippen LogP contribution in [0, 0.1) is 6.92 Å². The van der Waals surface area contributed by atoms with Crippen LogP contribution >= 0.6 is 0 Å². The lowest BCUT2D eigenvalue weighted by Gasteiger charge is -2.21. The maximum absolute atomic E-state index is 8.98. The van der Waals surface area contributed by atoms with Crippen LogP contribution < -0.4 is 16.2 Å². The van der Waals surface area contributed by atoms with E-state index in [1.807, 2.05) is 18.9 Å². The molecule has 0 bridgehead atoms. The number of likely N-dealkylation sites (N-methyl/N-ethyl adjacent to an activating group) is 1. The lowest BCUT2D eigenvalue weighted by atomic mass is 10.2. The van der Waals surface area contributed by atoms with Gasteiger partial charge in [0.05, 0.1) is 6.61 Å². The van der Waals surface area contributed by atoms with Gasteiger partial charge < -0.3 is 15.4 Å². The Bertz CT molecular complexity index is 405. The Hall–Kier alpha value is -1.40. The van der Waals surface area contributed by atoms with E-state index >= 15 is 0 Å². The Labute approximate surface area is 101 Å². The second-order valence-corrected chi connectivity index (χ2v) is 4.44. The average Bonchev–Trinajstić information content (AvgIpc) is 3.13. The molecule has 6 heteroatoms. The topological polar surface area (TPSA) is 87.3 Å². The maximum atomic E-state index is 8.98. The minimum Gasteiger partial charge on any atom is -0.395 e. The van der Waals surface area contributed by atoms with Crippen molar-refractivity contribution in [1.29, 1.82) is 0 Å². The Balaban J connectivity index is 2.37. The average molecular weight is 237 g/mol. The first kappa shape index (κ1) is 12.1. The number of hydrogen-bond acceptors (Lipinski definition) is 6. The summed E-state index contributed by atoms with van der Waals surface area (Å²) in [5.74, 6) is 8.31. The van der Waals surface area contributed by atoms with Crippen LogP contribution in [0.5, 0.6) is 0 Å². The van der Waals surface area contributed by atoms with Crippen LogP contribution in [0.25, 0.3) is 0 Å². The predicted octanol–water partition coefficient (Wildman–Crippen LogP) is 0.377. The Morgan fingerprint density at radius 3 is 2.71 bits per heavy atom. The fraction of sp³-hybridized carbons (Fsp3) is 0.636. The number of hydrogen-bond donors (Lipinski definition) is 3. The molecule has 0 saturated heterocycles. The second-order valence-electron chi connectivity index (χ2n) is 4.44. The van der Waals surface area contributed by atoms with Gasteiger partial charge in [-0.3, -0.25) is 0 Å². The minimum atomic E-state index is 0.101. The molecule has 0 radical (unpaired) electrons. The highest BCUT2D eigenvalue weighted by Crippen LogP contribution is 2.39. The summed E-state index contributed by atoms with van der Waals surface area (Å²) in [4.78, 5) is 10.9. The summed E-state index contributed by atoms with van der Waals surface area (Å²) in [5.41, 5.74) is 3.53. The molecule has 1 aromatic heterocycles. The van der Waals surface area contributed by atoms with E-state index < -0.39 is 0 Å². The molecule has 17 heavy (non-hydrogen) atoms. The first-order chi connectivity index (χ1) is 8.17. The summed E-state index contributed by atoms with van der Waals surface area (Å²) in [6.07, 6.45) is 2.30. The van der Waals surface area contributed by atoms with Crippen molar-refractivity contribution in [3.63, 3.8) is 0 Å². The zero-order chi connectivity index (χ0) is 12.4. The van der Waals surface area contributed by atoms with Crippen LogP contribution in [0.4, 0.5) is 11.6 Å². The summed E-state index contributed by atoms with van der Waals surface area (Å²) in [7, 11) is 1.91. The van der Waals surface area contributed by atoms with Gasteiger partial charge in [-0.2, -0.15) is 0 Å². The first-order valence-corrected chi connectivity index (χ1v) is 5.84. The standard InChI is InChI=1S/C11H19N5O/c1-7-9(15-12)13-10(8-3-4-8)14-11(7)16(2)5-6-17/h8,17H,3-6,12H2,1-2H3,(H,13,14,15). The third-order valence-corrected chi connectivity index (χ3v) is 3.01. The number of hydrazine groups is 1. The van der Waals surface area contributed by atoms with Crippen LogP contribution in [0.2, 0.25) is 0 Å². The molecule has 0 aliphatic heterocycles. The smallest absolute Gasteiger partial charge is 0.148 e. The molecular formula is C11H19N5O. The number of aliphatic hydroxyl groups is 1. The number of aromatic nitrogens is 2. The predicted molar refractivity (Wildman–Crippen MR) is 66.9 cm³/mol. The number of rotatable bonds is 5. The fourth-order valence-electron chi connectivity index (χ4n) is 1.81. The third-order valence-electron chi connectivity index (χ3n) is 3.01. The Morgan fingerprint density at radius 1 is 1.47 bits per heavy atom. The Morgan fingerprint density at radius 2 is 2.18 bits per heavy atom. The van der Waals surface area contributed by atoms with Crippen molar-refractivity contribution >= 4 is 11.6 Å². The number of anilines is 2. The largest absolute Gasteiger partial charge is 0.395 e. The van der Waals surface area contributed by atoms with Crippen molar-refractivity contribution in [1.82, 2.24) is 9.97 Å². The van der Waals surface area contributed by atoms with Gasteiger partial charge in [-0.1, -0.05) is 0 Å². The third kappa shape index (κ3) is 2.48. The van der Waals surface area contributed by atoms with Crippen molar-refractivity contribution in [3.05, 3.63) is 11.4 Å². The van der Waals surface area contributed by atoms with Gasteiger partial charge in [-0.25, -0.2) is 15.8 Å². The number of nitrogens with zero attached hydrogens (tertiary/aromatic N) is 3. The van der Waals surface area contributed by atoms with Gasteiger partial charge in [0.1, 0.15) is 17.5 Å². The highest BCUT2D eigenvalue weighted by atomic mass is 16.3. The van der Waals surface area contributed by atoms with E-state index in [0.29, 0.717) is 18.3 Å². The fourth-order valence-corrected chi connectivity index (χ4v) is 1.81. The summed E-state index contributed by atoms with van der Waals surface area (Å²) >= 11 is 0. The van der Waals surface area contributed by atoms with E-state index in [2.05, 4.69) is 15.4 Å². The molecule has 0 atom stereocenters. The summed E-state index contributed by atoms with van der Waals surface area (Å²) in [5, 5.41) is 8.98. The summed E-state index contributed by atoms with van der Waals surface area (Å²) in [6, 6.07) is 0. The van der Waals surface area contributed by atoms with Gasteiger partial charge in [0.15, 0.2) is 0 Å². The van der Waals surface area contributed by atoms with Crippen LogP contribution in [-0.2, 0) is 0 Å². The van der Waals surface area contributed by atoms with Gasteiger partial charge >= 0.3 is 0 Å². The summed E-state index contributed by atoms with van der Waals surface area (Å²) in [6.45, 7) is 2.57. The molecule has 1 heterocycles. The first-order valence-electron chi connectivity index (χ1n) is 5.84. The molecule has 1 aliphatic carbocycles. The highest BCUT2D eigenvalue weighted by Gasteiger charge is 2.28. The quantitative estimate of drug-likeness (QED) is 0.507. The van der Waals surface area contributed by atoms with Crippen molar-refractivity contribution in [2.45, 2.75) is 25.7 Å². The zero-order valence-corrected chi connectivity index (χ0v) is 10.3. The van der Waals surface area contributed by atoms with E-state index in [-0.39, 0.29) is 6.61 Å². The minimum absolute atomic E-state index is 0.101. The molecule has 6 nitrogen and oxygen atoms in total. The van der Waals surface area contributed by atoms with Crippen LogP contribution in [0.1, 0.15) is 30.1 Å². The SMILES string of the molecule is Cc1c(NN)nc(C2CC2)nc1N(C)CCO. The van der Waals surface area contributed by atoms with E-state index in [9.17, 15) is 0 Å². The molecule has 2 rings (SSSR count). The molecule has 0 amide bonds. The number of aliphatic hydroxyl groups excluding tert-OH is 1. The second kappa shape index (κ2) is 4.85. The maximum Gasteiger partial charge on any atom is 0.148 e. The molecule has 0 aromatic carbocycles. The molecule has 94 valence electrons. The molecule has 0 unspecified atom stereocenters. The van der Waals surface area contributed by atoms with Crippen LogP contribution in [0.15, 0.2) is 0 Å². The highest BCUT2D eigenvalue weighted by molar-refractivity contribution is 5.58. The monoisotopic (exact) mass is 237 g/mol. The van der Waals surface area contributed by atoms with E-state index in [4.69, 9.17) is 10.9 Å². The number of nitrogens with two attached hydrogens (primary N) is 1. The lowest BCUT2D eigenvalue weighted by molar-refractivity contribution is 0.303. The number of nitrogens with one attached hydrogen (secondary N) is 1.